The molecule has 1 unspecified atom stereocenters. The Bertz CT molecular complexity index is 1070. The zero-order valence-corrected chi connectivity index (χ0v) is 16.7. The Morgan fingerprint density at radius 2 is 1.93 bits per heavy atom. The number of aromatic amines is 1. The van der Waals surface area contributed by atoms with Gasteiger partial charge in [-0.3, -0.25) is 0 Å². The molecule has 0 bridgehead atoms. The van der Waals surface area contributed by atoms with E-state index in [0.717, 1.165) is 29.5 Å². The van der Waals surface area contributed by atoms with E-state index < -0.39 is 11.2 Å². The second kappa shape index (κ2) is 7.94. The van der Waals surface area contributed by atoms with E-state index in [9.17, 15) is 4.79 Å². The Kier molecular flexibility index (Phi) is 5.36. The maximum Gasteiger partial charge on any atom is 0.459 e. The zero-order valence-electron chi connectivity index (χ0n) is 16.7. The van der Waals surface area contributed by atoms with E-state index in [4.69, 9.17) is 15.1 Å². The molecule has 0 spiro atoms. The van der Waals surface area contributed by atoms with Gasteiger partial charge in [-0.05, 0) is 60.5 Å². The Morgan fingerprint density at radius 3 is 2.59 bits per heavy atom. The standard InChI is InChI=1S/C22H26N4O3/c1-14-3-7-18-16(11-14)5-6-17-12-15(13-24-28-2)4-8-19(17)22(18,9-10-23)20-25-21(27)29-26-20/h3-4,7-8,11-12,24H,5-6,9-10,13,23H2,1-2H3,(H,25,26,27). The van der Waals surface area contributed by atoms with Gasteiger partial charge in [0.25, 0.3) is 0 Å². The van der Waals surface area contributed by atoms with Gasteiger partial charge in [-0.15, -0.1) is 0 Å². The van der Waals surface area contributed by atoms with Crippen LogP contribution in [0, 0.1) is 6.92 Å². The maximum absolute atomic E-state index is 11.9. The van der Waals surface area contributed by atoms with Crippen LogP contribution in [0.15, 0.2) is 45.7 Å². The fraction of sp³-hybridized carbons (Fsp3) is 0.364. The summed E-state index contributed by atoms with van der Waals surface area (Å²) in [6, 6.07) is 12.9. The summed E-state index contributed by atoms with van der Waals surface area (Å²) in [7, 11) is 1.61. The average Bonchev–Trinajstić information content (AvgIpc) is 3.11. The highest BCUT2D eigenvalue weighted by molar-refractivity contribution is 5.55. The lowest BCUT2D eigenvalue weighted by molar-refractivity contribution is 0.0867. The van der Waals surface area contributed by atoms with E-state index in [1.165, 1.54) is 16.7 Å². The zero-order chi connectivity index (χ0) is 20.4. The number of benzene rings is 2. The Hall–Kier alpha value is -2.74. The highest BCUT2D eigenvalue weighted by atomic mass is 16.6. The number of nitrogens with two attached hydrogens (primary N) is 1. The molecule has 4 N–H and O–H groups in total. The first-order chi connectivity index (χ1) is 14.1. The minimum atomic E-state index is -0.664. The first-order valence-corrected chi connectivity index (χ1v) is 9.82. The van der Waals surface area contributed by atoms with Crippen molar-refractivity contribution in [2.75, 3.05) is 13.7 Å². The van der Waals surface area contributed by atoms with Crippen LogP contribution in [-0.2, 0) is 29.6 Å². The van der Waals surface area contributed by atoms with Crippen LogP contribution in [0.3, 0.4) is 0 Å². The van der Waals surface area contributed by atoms with Gasteiger partial charge in [0.05, 0.1) is 12.5 Å². The Balaban J connectivity index is 1.99. The smallest absolute Gasteiger partial charge is 0.330 e. The first kappa shape index (κ1) is 19.6. The minimum Gasteiger partial charge on any atom is -0.330 e. The van der Waals surface area contributed by atoms with E-state index in [-0.39, 0.29) is 0 Å². The largest absolute Gasteiger partial charge is 0.459 e. The number of rotatable bonds is 6. The number of aromatic nitrogens is 2. The van der Waals surface area contributed by atoms with Crippen LogP contribution in [0.5, 0.6) is 0 Å². The van der Waals surface area contributed by atoms with Crippen molar-refractivity contribution in [2.24, 2.45) is 5.73 Å². The quantitative estimate of drug-likeness (QED) is 0.553. The van der Waals surface area contributed by atoms with Crippen LogP contribution in [0.4, 0.5) is 0 Å². The molecule has 1 atom stereocenters. The van der Waals surface area contributed by atoms with Crippen molar-refractivity contribution in [3.63, 3.8) is 0 Å². The number of hydrogen-bond donors (Lipinski definition) is 3. The summed E-state index contributed by atoms with van der Waals surface area (Å²) >= 11 is 0. The molecule has 7 nitrogen and oxygen atoms in total. The van der Waals surface area contributed by atoms with E-state index in [1.54, 1.807) is 7.11 Å². The Morgan fingerprint density at radius 1 is 1.21 bits per heavy atom. The number of H-pyrrole nitrogens is 1. The molecule has 0 radical (unpaired) electrons. The highest BCUT2D eigenvalue weighted by Crippen LogP contribution is 2.45. The molecular formula is C22H26N4O3. The van der Waals surface area contributed by atoms with E-state index in [2.05, 4.69) is 58.9 Å². The van der Waals surface area contributed by atoms with E-state index in [0.29, 0.717) is 25.3 Å². The summed E-state index contributed by atoms with van der Waals surface area (Å²) in [5.74, 6) is -0.124. The maximum atomic E-state index is 11.9. The van der Waals surface area contributed by atoms with Gasteiger partial charge in [-0.1, -0.05) is 42.0 Å². The molecule has 3 aromatic rings. The third-order valence-electron chi connectivity index (χ3n) is 5.80. The van der Waals surface area contributed by atoms with Crippen LogP contribution >= 0.6 is 0 Å². The molecule has 1 aliphatic carbocycles. The summed E-state index contributed by atoms with van der Waals surface area (Å²) in [5.41, 5.74) is 15.4. The predicted octanol–water partition coefficient (Wildman–Crippen LogP) is 2.10. The van der Waals surface area contributed by atoms with Crippen molar-refractivity contribution in [2.45, 2.75) is 38.1 Å². The monoisotopic (exact) mass is 394 g/mol. The van der Waals surface area contributed by atoms with Crippen molar-refractivity contribution in [3.05, 3.63) is 86.2 Å². The number of hydroxylamine groups is 1. The van der Waals surface area contributed by atoms with Crippen LogP contribution in [-0.4, -0.2) is 23.8 Å². The molecular weight excluding hydrogens is 368 g/mol. The van der Waals surface area contributed by atoms with E-state index in [1.807, 2.05) is 0 Å². The number of aryl methyl sites for hydroxylation is 3. The van der Waals surface area contributed by atoms with Crippen molar-refractivity contribution in [3.8, 4) is 0 Å². The van der Waals surface area contributed by atoms with Gasteiger partial charge in [0.15, 0.2) is 5.82 Å². The summed E-state index contributed by atoms with van der Waals surface area (Å²) in [6.07, 6.45) is 2.40. The lowest BCUT2D eigenvalue weighted by atomic mass is 9.69. The third-order valence-corrected chi connectivity index (χ3v) is 5.80. The summed E-state index contributed by atoms with van der Waals surface area (Å²) in [4.78, 5) is 21.0. The van der Waals surface area contributed by atoms with Gasteiger partial charge in [0.2, 0.25) is 0 Å². The number of nitrogens with zero attached hydrogens (tertiary/aromatic N) is 1. The van der Waals surface area contributed by atoms with Crippen LogP contribution in [0.2, 0.25) is 0 Å². The molecule has 29 heavy (non-hydrogen) atoms. The topological polar surface area (TPSA) is 106 Å². The minimum absolute atomic E-state index is 0.439. The van der Waals surface area contributed by atoms with Crippen molar-refractivity contribution in [1.29, 1.82) is 0 Å². The SMILES string of the molecule is CONCc1ccc2c(c1)CCc1cc(C)ccc1C2(CCN)c1nc(=O)o[nH]1. The lowest BCUT2D eigenvalue weighted by Crippen LogP contribution is -2.35. The molecule has 1 aromatic heterocycles. The second-order valence-electron chi connectivity index (χ2n) is 7.55. The van der Waals surface area contributed by atoms with Gasteiger partial charge in [-0.2, -0.15) is 10.5 Å². The van der Waals surface area contributed by atoms with Gasteiger partial charge < -0.3 is 15.1 Å². The van der Waals surface area contributed by atoms with Gasteiger partial charge in [0.1, 0.15) is 0 Å². The molecule has 0 amide bonds. The highest BCUT2D eigenvalue weighted by Gasteiger charge is 2.43. The molecule has 0 saturated carbocycles. The molecule has 1 heterocycles. The molecule has 2 aromatic carbocycles. The molecule has 152 valence electrons. The second-order valence-corrected chi connectivity index (χ2v) is 7.55. The van der Waals surface area contributed by atoms with Crippen LogP contribution in [0.25, 0.3) is 0 Å². The normalized spacial score (nSPS) is 18.2. The van der Waals surface area contributed by atoms with Crippen molar-refractivity contribution < 1.29 is 9.36 Å². The number of nitrogens with one attached hydrogen (secondary N) is 2. The average molecular weight is 394 g/mol. The van der Waals surface area contributed by atoms with Gasteiger partial charge >= 0.3 is 5.76 Å². The van der Waals surface area contributed by atoms with Gasteiger partial charge in [-0.25, -0.2) is 9.95 Å². The van der Waals surface area contributed by atoms with Crippen molar-refractivity contribution >= 4 is 0 Å². The summed E-state index contributed by atoms with van der Waals surface area (Å²) < 4.78 is 5.00. The van der Waals surface area contributed by atoms with Crippen LogP contribution < -0.4 is 17.0 Å². The summed E-state index contributed by atoms with van der Waals surface area (Å²) in [6.45, 7) is 3.14. The molecule has 0 aliphatic heterocycles. The third kappa shape index (κ3) is 3.42. The number of hydrogen-bond acceptors (Lipinski definition) is 6. The molecule has 7 heteroatoms. The molecule has 0 saturated heterocycles. The lowest BCUT2D eigenvalue weighted by Gasteiger charge is -2.34. The number of fused-ring (bicyclic) bond motifs is 2. The summed E-state index contributed by atoms with van der Waals surface area (Å²) in [5, 5.41) is 2.79. The Labute approximate surface area is 169 Å². The first-order valence-electron chi connectivity index (χ1n) is 9.82. The van der Waals surface area contributed by atoms with E-state index >= 15 is 0 Å². The molecule has 4 rings (SSSR count). The van der Waals surface area contributed by atoms with Crippen LogP contribution in [0.1, 0.15) is 45.6 Å². The van der Waals surface area contributed by atoms with Crippen molar-refractivity contribution in [1.82, 2.24) is 15.6 Å². The molecule has 1 aliphatic rings. The predicted molar refractivity (Wildman–Crippen MR) is 110 cm³/mol. The molecule has 0 fully saturated rings. The van der Waals surface area contributed by atoms with Gasteiger partial charge in [0, 0.05) is 6.54 Å². The fourth-order valence-electron chi connectivity index (χ4n) is 4.57. The fourth-order valence-corrected chi connectivity index (χ4v) is 4.57.